The molecule has 0 aromatic heterocycles. The van der Waals surface area contributed by atoms with Gasteiger partial charge in [0.15, 0.2) is 0 Å². The van der Waals surface area contributed by atoms with Crippen molar-refractivity contribution in [1.82, 2.24) is 10.6 Å². The topological polar surface area (TPSA) is 61.4 Å². The molecule has 0 radical (unpaired) electrons. The fourth-order valence-electron chi connectivity index (χ4n) is 1.78. The molecule has 4 heteroatoms. The second-order valence-corrected chi connectivity index (χ2v) is 4.51. The van der Waals surface area contributed by atoms with Crippen molar-refractivity contribution in [2.24, 2.45) is 0 Å². The number of unbranched alkanes of at least 4 members (excludes halogenated alkanes) is 5. The van der Waals surface area contributed by atoms with Gasteiger partial charge in [0.05, 0.1) is 0 Å². The molecule has 0 heterocycles. The first-order valence-corrected chi connectivity index (χ1v) is 6.90. The summed E-state index contributed by atoms with van der Waals surface area (Å²) in [5, 5.41) is 14.3. The van der Waals surface area contributed by atoms with E-state index in [2.05, 4.69) is 24.5 Å². The van der Waals surface area contributed by atoms with Gasteiger partial charge in [0.2, 0.25) is 0 Å². The van der Waals surface area contributed by atoms with E-state index in [-0.39, 0.29) is 6.04 Å². The van der Waals surface area contributed by atoms with Gasteiger partial charge in [-0.15, -0.1) is 0 Å². The van der Waals surface area contributed by atoms with Gasteiger partial charge in [0.25, 0.3) is 0 Å². The first-order chi connectivity index (χ1) is 8.20. The average molecular weight is 244 g/mol. The maximum Gasteiger partial charge on any atom is 0.404 e. The predicted octanol–water partition coefficient (Wildman–Crippen LogP) is 2.98. The van der Waals surface area contributed by atoms with Crippen LogP contribution in [0, 0.1) is 0 Å². The molecule has 0 aliphatic rings. The lowest BCUT2D eigenvalue weighted by Crippen LogP contribution is -2.40. The summed E-state index contributed by atoms with van der Waals surface area (Å²) in [5.41, 5.74) is 0. The van der Waals surface area contributed by atoms with E-state index in [1.807, 2.05) is 0 Å². The molecular weight excluding hydrogens is 216 g/mol. The predicted molar refractivity (Wildman–Crippen MR) is 71.5 cm³/mol. The van der Waals surface area contributed by atoms with Gasteiger partial charge < -0.3 is 15.7 Å². The summed E-state index contributed by atoms with van der Waals surface area (Å²) in [7, 11) is 0. The molecule has 1 unspecified atom stereocenters. The van der Waals surface area contributed by atoms with Gasteiger partial charge in [-0.3, -0.25) is 0 Å². The van der Waals surface area contributed by atoms with E-state index < -0.39 is 6.09 Å². The molecule has 0 saturated carbocycles. The molecule has 1 atom stereocenters. The van der Waals surface area contributed by atoms with Crippen molar-refractivity contribution in [1.29, 1.82) is 0 Å². The molecule has 0 spiro atoms. The van der Waals surface area contributed by atoms with Crippen molar-refractivity contribution < 1.29 is 9.90 Å². The van der Waals surface area contributed by atoms with Crippen LogP contribution in [0.2, 0.25) is 0 Å². The van der Waals surface area contributed by atoms with Gasteiger partial charge in [-0.2, -0.15) is 0 Å². The quantitative estimate of drug-likeness (QED) is 0.490. The molecule has 102 valence electrons. The number of hydrogen-bond donors (Lipinski definition) is 3. The third kappa shape index (κ3) is 11.5. The minimum atomic E-state index is -0.940. The number of carboxylic acid groups (broad SMARTS) is 1. The van der Waals surface area contributed by atoms with Crippen LogP contribution in [-0.4, -0.2) is 30.3 Å². The summed E-state index contributed by atoms with van der Waals surface area (Å²) in [6, 6.07) is 0.266. The van der Waals surface area contributed by atoms with Crippen LogP contribution in [0.3, 0.4) is 0 Å². The van der Waals surface area contributed by atoms with Crippen molar-refractivity contribution in [3.8, 4) is 0 Å². The molecule has 0 fully saturated rings. The zero-order chi connectivity index (χ0) is 12.9. The Balaban J connectivity index is 3.34. The number of amides is 1. The third-order valence-corrected chi connectivity index (χ3v) is 2.96. The van der Waals surface area contributed by atoms with Crippen LogP contribution in [0.25, 0.3) is 0 Å². The monoisotopic (exact) mass is 244 g/mol. The Hall–Kier alpha value is -0.770. The highest BCUT2D eigenvalue weighted by atomic mass is 16.4. The van der Waals surface area contributed by atoms with E-state index in [0.717, 1.165) is 13.0 Å². The summed E-state index contributed by atoms with van der Waals surface area (Å²) >= 11 is 0. The van der Waals surface area contributed by atoms with Crippen LogP contribution < -0.4 is 10.6 Å². The van der Waals surface area contributed by atoms with Gasteiger partial charge in [0.1, 0.15) is 0 Å². The lowest BCUT2D eigenvalue weighted by atomic mass is 10.1. The van der Waals surface area contributed by atoms with E-state index in [4.69, 9.17) is 5.11 Å². The van der Waals surface area contributed by atoms with Crippen molar-refractivity contribution in [2.75, 3.05) is 13.1 Å². The van der Waals surface area contributed by atoms with Crippen LogP contribution in [0.15, 0.2) is 0 Å². The van der Waals surface area contributed by atoms with Crippen LogP contribution in [0.5, 0.6) is 0 Å². The Morgan fingerprint density at radius 1 is 1.12 bits per heavy atom. The zero-order valence-electron chi connectivity index (χ0n) is 11.3. The molecule has 0 bridgehead atoms. The molecule has 17 heavy (non-hydrogen) atoms. The van der Waals surface area contributed by atoms with E-state index in [0.29, 0.717) is 6.54 Å². The highest BCUT2D eigenvalue weighted by molar-refractivity contribution is 5.64. The van der Waals surface area contributed by atoms with Gasteiger partial charge in [-0.1, -0.05) is 46.0 Å². The normalized spacial score (nSPS) is 12.4. The van der Waals surface area contributed by atoms with E-state index in [1.54, 1.807) is 0 Å². The zero-order valence-corrected chi connectivity index (χ0v) is 11.3. The molecule has 0 aliphatic heterocycles. The molecule has 0 aromatic carbocycles. The molecule has 3 N–H and O–H groups in total. The van der Waals surface area contributed by atoms with Crippen molar-refractivity contribution in [3.05, 3.63) is 0 Å². The lowest BCUT2D eigenvalue weighted by molar-refractivity contribution is 0.193. The minimum absolute atomic E-state index is 0.266. The lowest BCUT2D eigenvalue weighted by Gasteiger charge is -2.16. The smallest absolute Gasteiger partial charge is 0.404 e. The van der Waals surface area contributed by atoms with E-state index >= 15 is 0 Å². The molecule has 1 amide bonds. The SMILES string of the molecule is CCCCCCCCNC(CC)CNC(=O)O. The Morgan fingerprint density at radius 2 is 1.76 bits per heavy atom. The molecular formula is C13H28N2O2. The summed E-state index contributed by atoms with van der Waals surface area (Å²) in [6.45, 7) is 5.79. The maximum absolute atomic E-state index is 10.4. The van der Waals surface area contributed by atoms with E-state index in [1.165, 1.54) is 38.5 Å². The molecule has 0 saturated heterocycles. The van der Waals surface area contributed by atoms with Gasteiger partial charge in [-0.25, -0.2) is 4.79 Å². The van der Waals surface area contributed by atoms with Gasteiger partial charge in [0, 0.05) is 12.6 Å². The van der Waals surface area contributed by atoms with Crippen molar-refractivity contribution in [2.45, 2.75) is 64.8 Å². The Kier molecular flexibility index (Phi) is 11.2. The first kappa shape index (κ1) is 16.2. The Bertz CT molecular complexity index is 186. The largest absolute Gasteiger partial charge is 0.465 e. The summed E-state index contributed by atoms with van der Waals surface area (Å²) in [4.78, 5) is 10.4. The first-order valence-electron chi connectivity index (χ1n) is 6.90. The van der Waals surface area contributed by atoms with Crippen LogP contribution >= 0.6 is 0 Å². The summed E-state index contributed by atoms with van der Waals surface area (Å²) in [5.74, 6) is 0. The van der Waals surface area contributed by atoms with Crippen molar-refractivity contribution in [3.63, 3.8) is 0 Å². The Morgan fingerprint density at radius 3 is 2.35 bits per heavy atom. The second kappa shape index (κ2) is 11.7. The fraction of sp³-hybridized carbons (Fsp3) is 0.923. The molecule has 4 nitrogen and oxygen atoms in total. The number of nitrogens with one attached hydrogen (secondary N) is 2. The highest BCUT2D eigenvalue weighted by Gasteiger charge is 2.05. The van der Waals surface area contributed by atoms with Crippen LogP contribution in [0.1, 0.15) is 58.8 Å². The van der Waals surface area contributed by atoms with Crippen LogP contribution in [0.4, 0.5) is 4.79 Å². The molecule has 0 aromatic rings. The van der Waals surface area contributed by atoms with Crippen molar-refractivity contribution >= 4 is 6.09 Å². The van der Waals surface area contributed by atoms with Gasteiger partial charge in [-0.05, 0) is 19.4 Å². The highest BCUT2D eigenvalue weighted by Crippen LogP contribution is 2.04. The maximum atomic E-state index is 10.4. The van der Waals surface area contributed by atoms with Crippen LogP contribution in [-0.2, 0) is 0 Å². The number of rotatable bonds is 11. The molecule has 0 rings (SSSR count). The number of carbonyl (C=O) groups is 1. The second-order valence-electron chi connectivity index (χ2n) is 4.51. The summed E-state index contributed by atoms with van der Waals surface area (Å²) in [6.07, 6.45) is 7.77. The summed E-state index contributed by atoms with van der Waals surface area (Å²) < 4.78 is 0. The fourth-order valence-corrected chi connectivity index (χ4v) is 1.78. The Labute approximate surface area is 105 Å². The standard InChI is InChI=1S/C13H28N2O2/c1-3-5-6-7-8-9-10-14-12(4-2)11-15-13(16)17/h12,14-15H,3-11H2,1-2H3,(H,16,17). The number of hydrogen-bond acceptors (Lipinski definition) is 2. The molecule has 0 aliphatic carbocycles. The third-order valence-electron chi connectivity index (χ3n) is 2.96. The van der Waals surface area contributed by atoms with E-state index in [9.17, 15) is 4.79 Å². The minimum Gasteiger partial charge on any atom is -0.465 e. The van der Waals surface area contributed by atoms with Gasteiger partial charge >= 0.3 is 6.09 Å². The average Bonchev–Trinajstić information content (AvgIpc) is 2.31.